The van der Waals surface area contributed by atoms with Gasteiger partial charge in [-0.2, -0.15) is 0 Å². The van der Waals surface area contributed by atoms with Gasteiger partial charge >= 0.3 is 5.97 Å². The average Bonchev–Trinajstić information content (AvgIpc) is 3.36. The van der Waals surface area contributed by atoms with Gasteiger partial charge in [-0.1, -0.05) is 6.07 Å². The van der Waals surface area contributed by atoms with Crippen LogP contribution in [0.3, 0.4) is 0 Å². The maximum Gasteiger partial charge on any atom is 0.311 e. The van der Waals surface area contributed by atoms with Crippen molar-refractivity contribution < 1.29 is 28.2 Å². The number of thiazole rings is 1. The van der Waals surface area contributed by atoms with Crippen LogP contribution >= 0.6 is 11.3 Å². The molecule has 3 aromatic rings. The summed E-state index contributed by atoms with van der Waals surface area (Å²) in [6, 6.07) is 10.4. The Bertz CT molecular complexity index is 981. The van der Waals surface area contributed by atoms with Crippen molar-refractivity contribution in [2.75, 3.05) is 19.0 Å². The lowest BCUT2D eigenvalue weighted by Gasteiger charge is -2.06. The van der Waals surface area contributed by atoms with Gasteiger partial charge in [0.1, 0.15) is 23.9 Å². The van der Waals surface area contributed by atoms with Crippen LogP contribution in [0, 0.1) is 0 Å². The fourth-order valence-corrected chi connectivity index (χ4v) is 3.09. The Kier molecular flexibility index (Phi) is 6.85. The predicted molar refractivity (Wildman–Crippen MR) is 106 cm³/mol. The first kappa shape index (κ1) is 20.4. The number of rotatable bonds is 9. The molecule has 2 aromatic heterocycles. The summed E-state index contributed by atoms with van der Waals surface area (Å²) in [5.41, 5.74) is 0.538. The lowest BCUT2D eigenvalue weighted by molar-refractivity contribution is -0.142. The summed E-state index contributed by atoms with van der Waals surface area (Å²) in [6.07, 6.45) is 0.0622. The minimum absolute atomic E-state index is 0.0622. The van der Waals surface area contributed by atoms with Gasteiger partial charge in [-0.3, -0.25) is 14.9 Å². The van der Waals surface area contributed by atoms with Crippen LogP contribution in [0.4, 0.5) is 5.13 Å². The van der Waals surface area contributed by atoms with Gasteiger partial charge in [0.25, 0.3) is 5.91 Å². The van der Waals surface area contributed by atoms with Gasteiger partial charge in [0, 0.05) is 11.4 Å². The largest absolute Gasteiger partial charge is 0.497 e. The first-order valence-electron chi connectivity index (χ1n) is 8.84. The molecule has 8 nitrogen and oxygen atoms in total. The Morgan fingerprint density at radius 3 is 2.83 bits per heavy atom. The van der Waals surface area contributed by atoms with Crippen LogP contribution in [-0.4, -0.2) is 30.6 Å². The molecule has 1 amide bonds. The Hall–Kier alpha value is -3.33. The standard InChI is InChI=1S/C20H20N2O6S/c1-3-26-18(23)9-13-12-29-20(21-13)22-19(24)17-8-7-16(28-17)11-27-15-6-4-5-14(10-15)25-2/h4-8,10,12H,3,9,11H2,1-2H3,(H,21,22,24). The second-order valence-corrected chi connectivity index (χ2v) is 6.67. The van der Waals surface area contributed by atoms with Crippen LogP contribution in [0.2, 0.25) is 0 Å². The zero-order valence-corrected chi connectivity index (χ0v) is 16.8. The van der Waals surface area contributed by atoms with Crippen LogP contribution in [0.25, 0.3) is 0 Å². The number of nitrogens with one attached hydrogen (secondary N) is 1. The molecule has 2 heterocycles. The zero-order chi connectivity index (χ0) is 20.6. The van der Waals surface area contributed by atoms with Gasteiger partial charge < -0.3 is 18.6 Å². The summed E-state index contributed by atoms with van der Waals surface area (Å²) >= 11 is 1.22. The molecule has 0 aliphatic rings. The van der Waals surface area contributed by atoms with Gasteiger partial charge in [0.2, 0.25) is 0 Å². The smallest absolute Gasteiger partial charge is 0.311 e. The molecule has 0 fully saturated rings. The molecule has 0 aliphatic carbocycles. The van der Waals surface area contributed by atoms with Crippen molar-refractivity contribution in [2.45, 2.75) is 20.0 Å². The Balaban J connectivity index is 1.54. The van der Waals surface area contributed by atoms with E-state index in [-0.39, 0.29) is 24.8 Å². The number of methoxy groups -OCH3 is 1. The van der Waals surface area contributed by atoms with Crippen LogP contribution in [0.15, 0.2) is 46.2 Å². The highest BCUT2D eigenvalue weighted by atomic mass is 32.1. The number of hydrogen-bond acceptors (Lipinski definition) is 8. The minimum atomic E-state index is -0.435. The first-order valence-corrected chi connectivity index (χ1v) is 9.72. The minimum Gasteiger partial charge on any atom is -0.497 e. The highest BCUT2D eigenvalue weighted by Crippen LogP contribution is 2.21. The van der Waals surface area contributed by atoms with Crippen LogP contribution in [-0.2, 0) is 22.6 Å². The molecule has 1 N–H and O–H groups in total. The van der Waals surface area contributed by atoms with Crippen LogP contribution in [0.1, 0.15) is 28.9 Å². The van der Waals surface area contributed by atoms with E-state index < -0.39 is 5.91 Å². The number of carbonyl (C=O) groups is 2. The summed E-state index contributed by atoms with van der Waals surface area (Å²) in [5.74, 6) is 1.16. The van der Waals surface area contributed by atoms with Gasteiger partial charge in [0.15, 0.2) is 10.9 Å². The fraction of sp³-hybridized carbons (Fsp3) is 0.250. The Morgan fingerprint density at radius 2 is 2.03 bits per heavy atom. The molecule has 9 heteroatoms. The summed E-state index contributed by atoms with van der Waals surface area (Å²) in [5, 5.41) is 4.72. The summed E-state index contributed by atoms with van der Waals surface area (Å²) in [4.78, 5) is 28.0. The fourth-order valence-electron chi connectivity index (χ4n) is 2.39. The van der Waals surface area contributed by atoms with Crippen LogP contribution < -0.4 is 14.8 Å². The lowest BCUT2D eigenvalue weighted by Crippen LogP contribution is -2.11. The van der Waals surface area contributed by atoms with Crippen molar-refractivity contribution in [3.8, 4) is 11.5 Å². The molecular formula is C20H20N2O6S. The number of hydrogen-bond donors (Lipinski definition) is 1. The quantitative estimate of drug-likeness (QED) is 0.531. The zero-order valence-electron chi connectivity index (χ0n) is 16.0. The van der Waals surface area contributed by atoms with E-state index in [0.717, 1.165) is 0 Å². The molecule has 152 valence electrons. The molecule has 0 bridgehead atoms. The van der Waals surface area contributed by atoms with E-state index in [1.165, 1.54) is 11.3 Å². The second kappa shape index (κ2) is 9.74. The Labute approximate surface area is 171 Å². The van der Waals surface area contributed by atoms with Gasteiger partial charge in [0.05, 0.1) is 25.8 Å². The molecular weight excluding hydrogens is 396 g/mol. The third-order valence-corrected chi connectivity index (χ3v) is 4.52. The van der Waals surface area contributed by atoms with E-state index in [4.69, 9.17) is 18.6 Å². The molecule has 3 rings (SSSR count). The molecule has 0 saturated carbocycles. The van der Waals surface area contributed by atoms with Gasteiger partial charge in [-0.05, 0) is 31.2 Å². The monoisotopic (exact) mass is 416 g/mol. The third-order valence-electron chi connectivity index (χ3n) is 3.71. The number of furan rings is 1. The molecule has 1 aromatic carbocycles. The van der Waals surface area contributed by atoms with Crippen molar-refractivity contribution in [1.82, 2.24) is 4.98 Å². The second-order valence-electron chi connectivity index (χ2n) is 5.81. The average molecular weight is 416 g/mol. The van der Waals surface area contributed by atoms with E-state index in [9.17, 15) is 9.59 Å². The van der Waals surface area contributed by atoms with Crippen molar-refractivity contribution >= 4 is 28.3 Å². The molecule has 0 atom stereocenters. The van der Waals surface area contributed by atoms with Gasteiger partial charge in [-0.25, -0.2) is 4.98 Å². The first-order chi connectivity index (χ1) is 14.1. The number of ether oxygens (including phenoxy) is 3. The number of esters is 1. The number of anilines is 1. The summed E-state index contributed by atoms with van der Waals surface area (Å²) in [7, 11) is 1.58. The Morgan fingerprint density at radius 1 is 1.21 bits per heavy atom. The van der Waals surface area contributed by atoms with Gasteiger partial charge in [-0.15, -0.1) is 11.3 Å². The number of aromatic nitrogens is 1. The van der Waals surface area contributed by atoms with Crippen molar-refractivity contribution in [1.29, 1.82) is 0 Å². The van der Waals surface area contributed by atoms with E-state index in [1.54, 1.807) is 43.7 Å². The molecule has 0 saturated heterocycles. The molecule has 29 heavy (non-hydrogen) atoms. The van der Waals surface area contributed by atoms with E-state index in [2.05, 4.69) is 10.3 Å². The van der Waals surface area contributed by atoms with E-state index in [0.29, 0.717) is 34.7 Å². The SMILES string of the molecule is CCOC(=O)Cc1csc(NC(=O)c2ccc(COc3cccc(OC)c3)o2)n1. The number of carbonyl (C=O) groups excluding carboxylic acids is 2. The summed E-state index contributed by atoms with van der Waals surface area (Å²) < 4.78 is 21.2. The predicted octanol–water partition coefficient (Wildman–Crippen LogP) is 3.68. The maximum atomic E-state index is 12.3. The molecule has 0 radical (unpaired) electrons. The van der Waals surface area contributed by atoms with Crippen molar-refractivity contribution in [3.05, 3.63) is 59.0 Å². The molecule has 0 aliphatic heterocycles. The van der Waals surface area contributed by atoms with Crippen molar-refractivity contribution in [2.24, 2.45) is 0 Å². The number of amides is 1. The highest BCUT2D eigenvalue weighted by molar-refractivity contribution is 7.14. The summed E-state index contributed by atoms with van der Waals surface area (Å²) in [6.45, 7) is 2.22. The normalized spacial score (nSPS) is 10.4. The third kappa shape index (κ3) is 5.82. The number of benzene rings is 1. The van der Waals surface area contributed by atoms with E-state index in [1.807, 2.05) is 12.1 Å². The maximum absolute atomic E-state index is 12.3. The van der Waals surface area contributed by atoms with Crippen molar-refractivity contribution in [3.63, 3.8) is 0 Å². The van der Waals surface area contributed by atoms with E-state index >= 15 is 0 Å². The molecule has 0 unspecified atom stereocenters. The van der Waals surface area contributed by atoms with Crippen LogP contribution in [0.5, 0.6) is 11.5 Å². The lowest BCUT2D eigenvalue weighted by atomic mass is 10.3. The number of nitrogens with zero attached hydrogens (tertiary/aromatic N) is 1. The topological polar surface area (TPSA) is 99.9 Å². The molecule has 0 spiro atoms. The highest BCUT2D eigenvalue weighted by Gasteiger charge is 2.15.